The van der Waals surface area contributed by atoms with Gasteiger partial charge in [-0.25, -0.2) is 4.39 Å². The van der Waals surface area contributed by atoms with Gasteiger partial charge in [-0.05, 0) is 19.1 Å². The molecule has 0 fully saturated rings. The molecular formula is C11H17FN2O. The Balaban J connectivity index is 2.74. The fourth-order valence-corrected chi connectivity index (χ4v) is 1.26. The first-order valence-electron chi connectivity index (χ1n) is 4.94. The van der Waals surface area contributed by atoms with Crippen LogP contribution in [0, 0.1) is 5.82 Å². The average Bonchev–Trinajstić information content (AvgIpc) is 2.26. The monoisotopic (exact) mass is 212 g/mol. The predicted molar refractivity (Wildman–Crippen MR) is 58.3 cm³/mol. The summed E-state index contributed by atoms with van der Waals surface area (Å²) in [6.45, 7) is 2.90. The van der Waals surface area contributed by atoms with Gasteiger partial charge in [0.15, 0.2) is 0 Å². The van der Waals surface area contributed by atoms with Crippen molar-refractivity contribution in [2.45, 2.75) is 19.5 Å². The Hall–Kier alpha value is -1.13. The second-order valence-electron chi connectivity index (χ2n) is 3.44. The van der Waals surface area contributed by atoms with Gasteiger partial charge in [-0.2, -0.15) is 0 Å². The maximum atomic E-state index is 13.4. The first kappa shape index (κ1) is 11.9. The lowest BCUT2D eigenvalue weighted by Gasteiger charge is -2.14. The van der Waals surface area contributed by atoms with Crippen molar-refractivity contribution in [3.05, 3.63) is 29.6 Å². The fraction of sp³-hybridized carbons (Fsp3) is 0.455. The highest BCUT2D eigenvalue weighted by molar-refractivity contribution is 5.34. The van der Waals surface area contributed by atoms with Gasteiger partial charge in [-0.15, -0.1) is 0 Å². The second-order valence-corrected chi connectivity index (χ2v) is 3.44. The van der Waals surface area contributed by atoms with Crippen molar-refractivity contribution < 1.29 is 9.13 Å². The van der Waals surface area contributed by atoms with Crippen LogP contribution >= 0.6 is 0 Å². The number of halogens is 1. The van der Waals surface area contributed by atoms with Crippen LogP contribution in [0.5, 0.6) is 5.75 Å². The predicted octanol–water partition coefficient (Wildman–Crippen LogP) is 1.27. The molecule has 0 aliphatic rings. The summed E-state index contributed by atoms with van der Waals surface area (Å²) in [5.41, 5.74) is 6.00. The molecule has 0 aromatic heterocycles. The third-order valence-electron chi connectivity index (χ3n) is 2.28. The topological polar surface area (TPSA) is 47.3 Å². The second kappa shape index (κ2) is 5.68. The van der Waals surface area contributed by atoms with Crippen LogP contribution in [0.3, 0.4) is 0 Å². The first-order chi connectivity index (χ1) is 7.19. The van der Waals surface area contributed by atoms with Crippen LogP contribution in [0.2, 0.25) is 0 Å². The van der Waals surface area contributed by atoms with Crippen molar-refractivity contribution in [2.24, 2.45) is 5.73 Å². The molecule has 0 heterocycles. The molecule has 3 nitrogen and oxygen atoms in total. The molecule has 0 radical (unpaired) electrons. The maximum absolute atomic E-state index is 13.4. The highest BCUT2D eigenvalue weighted by Crippen LogP contribution is 2.20. The number of ether oxygens (including phenoxy) is 1. The normalized spacial score (nSPS) is 12.5. The fourth-order valence-electron chi connectivity index (χ4n) is 1.26. The highest BCUT2D eigenvalue weighted by Gasteiger charge is 2.09. The SMILES string of the molecule is COc1cccc(F)c1CNC(C)CN. The summed E-state index contributed by atoms with van der Waals surface area (Å²) in [6.07, 6.45) is 0. The van der Waals surface area contributed by atoms with E-state index in [2.05, 4.69) is 5.32 Å². The number of hydrogen-bond acceptors (Lipinski definition) is 3. The van der Waals surface area contributed by atoms with Gasteiger partial charge >= 0.3 is 0 Å². The van der Waals surface area contributed by atoms with Crippen LogP contribution in [-0.2, 0) is 6.54 Å². The zero-order valence-corrected chi connectivity index (χ0v) is 9.09. The molecule has 0 aliphatic carbocycles. The molecule has 0 spiro atoms. The van der Waals surface area contributed by atoms with Crippen LogP contribution in [0.25, 0.3) is 0 Å². The van der Waals surface area contributed by atoms with Gasteiger partial charge in [-0.1, -0.05) is 6.07 Å². The molecule has 0 amide bonds. The molecule has 1 atom stereocenters. The Bertz CT molecular complexity index is 317. The van der Waals surface area contributed by atoms with Crippen LogP contribution in [0.15, 0.2) is 18.2 Å². The van der Waals surface area contributed by atoms with Crippen molar-refractivity contribution in [3.8, 4) is 5.75 Å². The molecule has 84 valence electrons. The van der Waals surface area contributed by atoms with E-state index in [0.29, 0.717) is 24.4 Å². The molecule has 0 bridgehead atoms. The maximum Gasteiger partial charge on any atom is 0.131 e. The standard InChI is InChI=1S/C11H17FN2O/c1-8(6-13)14-7-9-10(12)4-3-5-11(9)15-2/h3-5,8,14H,6-7,13H2,1-2H3. The number of methoxy groups -OCH3 is 1. The summed E-state index contributed by atoms with van der Waals surface area (Å²) in [6, 6.07) is 4.96. The molecule has 0 saturated heterocycles. The third kappa shape index (κ3) is 3.18. The first-order valence-corrected chi connectivity index (χ1v) is 4.94. The third-order valence-corrected chi connectivity index (χ3v) is 2.28. The van der Waals surface area contributed by atoms with Crippen molar-refractivity contribution in [2.75, 3.05) is 13.7 Å². The van der Waals surface area contributed by atoms with Crippen molar-refractivity contribution in [3.63, 3.8) is 0 Å². The minimum absolute atomic E-state index is 0.161. The zero-order valence-electron chi connectivity index (χ0n) is 9.09. The minimum Gasteiger partial charge on any atom is -0.496 e. The zero-order chi connectivity index (χ0) is 11.3. The summed E-state index contributed by atoms with van der Waals surface area (Å²) in [7, 11) is 1.53. The number of nitrogens with two attached hydrogens (primary N) is 1. The lowest BCUT2D eigenvalue weighted by atomic mass is 10.1. The largest absolute Gasteiger partial charge is 0.496 e. The van der Waals surface area contributed by atoms with E-state index in [0.717, 1.165) is 0 Å². The van der Waals surface area contributed by atoms with E-state index < -0.39 is 0 Å². The summed E-state index contributed by atoms with van der Waals surface area (Å²) in [5, 5.41) is 3.12. The average molecular weight is 212 g/mol. The van der Waals surface area contributed by atoms with E-state index in [4.69, 9.17) is 10.5 Å². The van der Waals surface area contributed by atoms with Gasteiger partial charge in [0.2, 0.25) is 0 Å². The quantitative estimate of drug-likeness (QED) is 0.772. The van der Waals surface area contributed by atoms with Gasteiger partial charge < -0.3 is 15.8 Å². The molecule has 1 aromatic carbocycles. The highest BCUT2D eigenvalue weighted by atomic mass is 19.1. The lowest BCUT2D eigenvalue weighted by Crippen LogP contribution is -2.32. The molecule has 1 aromatic rings. The summed E-state index contributed by atoms with van der Waals surface area (Å²) >= 11 is 0. The smallest absolute Gasteiger partial charge is 0.131 e. The summed E-state index contributed by atoms with van der Waals surface area (Å²) in [4.78, 5) is 0. The van der Waals surface area contributed by atoms with Gasteiger partial charge in [0.1, 0.15) is 11.6 Å². The van der Waals surface area contributed by atoms with Crippen LogP contribution in [0.4, 0.5) is 4.39 Å². The molecule has 0 saturated carbocycles. The number of hydrogen-bond donors (Lipinski definition) is 2. The number of benzene rings is 1. The minimum atomic E-state index is -0.258. The van der Waals surface area contributed by atoms with E-state index in [1.807, 2.05) is 6.92 Å². The molecule has 15 heavy (non-hydrogen) atoms. The van der Waals surface area contributed by atoms with E-state index in [-0.39, 0.29) is 11.9 Å². The van der Waals surface area contributed by atoms with Gasteiger partial charge in [0.25, 0.3) is 0 Å². The van der Waals surface area contributed by atoms with Crippen molar-refractivity contribution in [1.82, 2.24) is 5.32 Å². The van der Waals surface area contributed by atoms with Gasteiger partial charge in [0, 0.05) is 24.7 Å². The van der Waals surface area contributed by atoms with E-state index in [1.165, 1.54) is 13.2 Å². The van der Waals surface area contributed by atoms with E-state index >= 15 is 0 Å². The van der Waals surface area contributed by atoms with E-state index in [9.17, 15) is 4.39 Å². The summed E-state index contributed by atoms with van der Waals surface area (Å²) in [5.74, 6) is 0.304. The molecule has 3 N–H and O–H groups in total. The Morgan fingerprint density at radius 2 is 2.27 bits per heavy atom. The van der Waals surface area contributed by atoms with Crippen LogP contribution < -0.4 is 15.8 Å². The Kier molecular flexibility index (Phi) is 4.52. The van der Waals surface area contributed by atoms with Crippen LogP contribution in [-0.4, -0.2) is 19.7 Å². The molecule has 4 heteroatoms. The molecule has 1 rings (SSSR count). The Morgan fingerprint density at radius 3 is 2.87 bits per heavy atom. The number of rotatable bonds is 5. The van der Waals surface area contributed by atoms with Crippen molar-refractivity contribution in [1.29, 1.82) is 0 Å². The lowest BCUT2D eigenvalue weighted by molar-refractivity contribution is 0.399. The van der Waals surface area contributed by atoms with Crippen molar-refractivity contribution >= 4 is 0 Å². The van der Waals surface area contributed by atoms with Crippen LogP contribution in [0.1, 0.15) is 12.5 Å². The molecule has 0 aliphatic heterocycles. The Morgan fingerprint density at radius 1 is 1.53 bits per heavy atom. The van der Waals surface area contributed by atoms with E-state index in [1.54, 1.807) is 12.1 Å². The Labute approximate surface area is 89.4 Å². The van der Waals surface area contributed by atoms with Gasteiger partial charge in [-0.3, -0.25) is 0 Å². The van der Waals surface area contributed by atoms with Gasteiger partial charge in [0.05, 0.1) is 7.11 Å². The molecule has 1 unspecified atom stereocenters. The molecular weight excluding hydrogens is 195 g/mol. The summed E-state index contributed by atoms with van der Waals surface area (Å²) < 4.78 is 18.5. The number of nitrogens with one attached hydrogen (secondary N) is 1.